The molecule has 1 N–H and O–H groups in total. The molecule has 17 heavy (non-hydrogen) atoms. The van der Waals surface area contributed by atoms with Crippen molar-refractivity contribution >= 4 is 9.84 Å². The molecule has 1 unspecified atom stereocenters. The van der Waals surface area contributed by atoms with Crippen LogP contribution in [0.15, 0.2) is 18.6 Å². The van der Waals surface area contributed by atoms with Crippen molar-refractivity contribution in [1.82, 2.24) is 15.3 Å². The molecule has 96 valence electrons. The lowest BCUT2D eigenvalue weighted by Gasteiger charge is -2.14. The van der Waals surface area contributed by atoms with Gasteiger partial charge in [0.15, 0.2) is 0 Å². The summed E-state index contributed by atoms with van der Waals surface area (Å²) >= 11 is 0. The summed E-state index contributed by atoms with van der Waals surface area (Å²) in [5.74, 6) is 0.456. The van der Waals surface area contributed by atoms with Crippen LogP contribution < -0.4 is 5.32 Å². The minimum Gasteiger partial charge on any atom is -0.312 e. The van der Waals surface area contributed by atoms with E-state index in [9.17, 15) is 8.42 Å². The first kappa shape index (κ1) is 14.1. The van der Waals surface area contributed by atoms with Gasteiger partial charge in [-0.05, 0) is 26.0 Å². The van der Waals surface area contributed by atoms with Gasteiger partial charge in [-0.15, -0.1) is 0 Å². The number of hydrogen-bond acceptors (Lipinski definition) is 5. The molecule has 6 heteroatoms. The smallest absolute Gasteiger partial charge is 0.150 e. The Morgan fingerprint density at radius 2 is 2.24 bits per heavy atom. The molecule has 1 heterocycles. The van der Waals surface area contributed by atoms with E-state index in [1.165, 1.54) is 6.33 Å². The van der Waals surface area contributed by atoms with E-state index in [0.717, 1.165) is 12.1 Å². The third kappa shape index (κ3) is 4.79. The van der Waals surface area contributed by atoms with Gasteiger partial charge in [-0.1, -0.05) is 6.92 Å². The van der Waals surface area contributed by atoms with Crippen LogP contribution in [-0.2, 0) is 9.84 Å². The fourth-order valence-corrected chi connectivity index (χ4v) is 2.49. The Balaban J connectivity index is 2.50. The Morgan fingerprint density at radius 3 is 2.76 bits per heavy atom. The van der Waals surface area contributed by atoms with Crippen molar-refractivity contribution in [2.75, 3.05) is 18.6 Å². The zero-order chi connectivity index (χ0) is 12.7. The van der Waals surface area contributed by atoms with Gasteiger partial charge in [0, 0.05) is 18.0 Å². The Hall–Kier alpha value is -1.01. The highest BCUT2D eigenvalue weighted by Gasteiger charge is 2.13. The first-order chi connectivity index (χ1) is 8.09. The summed E-state index contributed by atoms with van der Waals surface area (Å²) in [5, 5.41) is 3.14. The molecule has 0 saturated heterocycles. The van der Waals surface area contributed by atoms with Gasteiger partial charge in [0.1, 0.15) is 16.2 Å². The number of rotatable bonds is 7. The van der Waals surface area contributed by atoms with Crippen molar-refractivity contribution in [3.05, 3.63) is 24.3 Å². The molecule has 0 saturated carbocycles. The molecule has 0 fully saturated rings. The van der Waals surface area contributed by atoms with Crippen LogP contribution in [-0.4, -0.2) is 36.9 Å². The zero-order valence-electron chi connectivity index (χ0n) is 10.3. The first-order valence-corrected chi connectivity index (χ1v) is 7.54. The topological polar surface area (TPSA) is 72.0 Å². The van der Waals surface area contributed by atoms with E-state index in [2.05, 4.69) is 15.3 Å². The minimum absolute atomic E-state index is 0.0880. The molecule has 0 radical (unpaired) electrons. The van der Waals surface area contributed by atoms with Gasteiger partial charge in [-0.3, -0.25) is 0 Å². The average Bonchev–Trinajstić information content (AvgIpc) is 2.36. The summed E-state index contributed by atoms with van der Waals surface area (Å²) in [4.78, 5) is 8.02. The normalized spacial score (nSPS) is 13.5. The van der Waals surface area contributed by atoms with Gasteiger partial charge in [0.25, 0.3) is 0 Å². The third-order valence-corrected chi connectivity index (χ3v) is 4.49. The van der Waals surface area contributed by atoms with Crippen LogP contribution >= 0.6 is 0 Å². The molecule has 1 aromatic heterocycles. The van der Waals surface area contributed by atoms with Gasteiger partial charge in [-0.25, -0.2) is 18.4 Å². The molecule has 0 aliphatic heterocycles. The lowest BCUT2D eigenvalue weighted by molar-refractivity contribution is 0.523. The standard InChI is InChI=1S/C11H19N3O2S/c1-3-17(15,16)8-4-5-10(12-2)11-6-7-13-9-14-11/h6-7,9-10,12H,3-5,8H2,1-2H3. The lowest BCUT2D eigenvalue weighted by atomic mass is 10.1. The molecule has 0 spiro atoms. The molecule has 0 bridgehead atoms. The number of hydrogen-bond donors (Lipinski definition) is 1. The van der Waals surface area contributed by atoms with Crippen LogP contribution in [0.1, 0.15) is 31.5 Å². The number of nitrogens with one attached hydrogen (secondary N) is 1. The Labute approximate surface area is 103 Å². The van der Waals surface area contributed by atoms with Crippen LogP contribution in [0.5, 0.6) is 0 Å². The maximum absolute atomic E-state index is 11.4. The Bertz CT molecular complexity index is 420. The van der Waals surface area contributed by atoms with Crippen molar-refractivity contribution in [1.29, 1.82) is 0 Å². The van der Waals surface area contributed by atoms with E-state index < -0.39 is 9.84 Å². The maximum Gasteiger partial charge on any atom is 0.150 e. The largest absolute Gasteiger partial charge is 0.312 e. The quantitative estimate of drug-likeness (QED) is 0.787. The fourth-order valence-electron chi connectivity index (χ4n) is 1.60. The number of sulfone groups is 1. The van der Waals surface area contributed by atoms with E-state index in [4.69, 9.17) is 0 Å². The highest BCUT2D eigenvalue weighted by molar-refractivity contribution is 7.91. The highest BCUT2D eigenvalue weighted by Crippen LogP contribution is 2.15. The van der Waals surface area contributed by atoms with E-state index in [0.29, 0.717) is 6.42 Å². The Morgan fingerprint density at radius 1 is 1.47 bits per heavy atom. The lowest BCUT2D eigenvalue weighted by Crippen LogP contribution is -2.19. The van der Waals surface area contributed by atoms with Crippen molar-refractivity contribution in [2.24, 2.45) is 0 Å². The summed E-state index contributed by atoms with van der Waals surface area (Å²) in [6.45, 7) is 1.68. The molecule has 0 amide bonds. The number of aromatic nitrogens is 2. The molecule has 5 nitrogen and oxygen atoms in total. The van der Waals surface area contributed by atoms with Gasteiger partial charge in [0.2, 0.25) is 0 Å². The van der Waals surface area contributed by atoms with Crippen LogP contribution in [0.2, 0.25) is 0 Å². The van der Waals surface area contributed by atoms with Gasteiger partial charge in [-0.2, -0.15) is 0 Å². The second-order valence-electron chi connectivity index (χ2n) is 3.85. The summed E-state index contributed by atoms with van der Waals surface area (Å²) in [6, 6.07) is 1.93. The van der Waals surface area contributed by atoms with Crippen molar-refractivity contribution < 1.29 is 8.42 Å². The molecule has 0 aliphatic rings. The molecular formula is C11H19N3O2S. The molecule has 0 aliphatic carbocycles. The second kappa shape index (κ2) is 6.66. The zero-order valence-corrected chi connectivity index (χ0v) is 11.1. The van der Waals surface area contributed by atoms with E-state index in [1.54, 1.807) is 13.1 Å². The van der Waals surface area contributed by atoms with Crippen molar-refractivity contribution in [3.8, 4) is 0 Å². The van der Waals surface area contributed by atoms with Crippen LogP contribution in [0.4, 0.5) is 0 Å². The minimum atomic E-state index is -2.87. The van der Waals surface area contributed by atoms with Gasteiger partial charge in [0.05, 0.1) is 11.4 Å². The van der Waals surface area contributed by atoms with Crippen LogP contribution in [0.25, 0.3) is 0 Å². The molecule has 1 rings (SSSR count). The third-order valence-electron chi connectivity index (χ3n) is 2.70. The van der Waals surface area contributed by atoms with E-state index >= 15 is 0 Å². The van der Waals surface area contributed by atoms with Crippen molar-refractivity contribution in [2.45, 2.75) is 25.8 Å². The first-order valence-electron chi connectivity index (χ1n) is 5.72. The maximum atomic E-state index is 11.4. The summed E-state index contributed by atoms with van der Waals surface area (Å²) < 4.78 is 22.7. The van der Waals surface area contributed by atoms with Crippen LogP contribution in [0.3, 0.4) is 0 Å². The number of nitrogens with zero attached hydrogens (tertiary/aromatic N) is 2. The van der Waals surface area contributed by atoms with Crippen LogP contribution in [0, 0.1) is 0 Å². The molecule has 0 aromatic carbocycles. The summed E-state index contributed by atoms with van der Waals surface area (Å²) in [7, 11) is -1.02. The highest BCUT2D eigenvalue weighted by atomic mass is 32.2. The molecular weight excluding hydrogens is 238 g/mol. The summed E-state index contributed by atoms with van der Waals surface area (Å²) in [6.07, 6.45) is 4.59. The predicted octanol–water partition coefficient (Wildman–Crippen LogP) is 0.952. The SMILES string of the molecule is CCS(=O)(=O)CCCC(NC)c1ccncn1. The Kier molecular flexibility index (Phi) is 5.50. The predicted molar refractivity (Wildman–Crippen MR) is 67.4 cm³/mol. The average molecular weight is 257 g/mol. The molecule has 1 aromatic rings. The van der Waals surface area contributed by atoms with E-state index in [1.807, 2.05) is 13.1 Å². The van der Waals surface area contributed by atoms with Gasteiger partial charge >= 0.3 is 0 Å². The monoisotopic (exact) mass is 257 g/mol. The van der Waals surface area contributed by atoms with Gasteiger partial charge < -0.3 is 5.32 Å². The fraction of sp³-hybridized carbons (Fsp3) is 0.636. The van der Waals surface area contributed by atoms with Crippen molar-refractivity contribution in [3.63, 3.8) is 0 Å². The molecule has 1 atom stereocenters. The second-order valence-corrected chi connectivity index (χ2v) is 6.33. The summed E-state index contributed by atoms with van der Waals surface area (Å²) in [5.41, 5.74) is 0.899. The van der Waals surface area contributed by atoms with E-state index in [-0.39, 0.29) is 17.5 Å².